The first-order chi connectivity index (χ1) is 63.3. The molecule has 4 nitrogen and oxygen atoms in total. The topological polar surface area (TPSA) is 16.3 Å². The summed E-state index contributed by atoms with van der Waals surface area (Å²) in [5.41, 5.74) is 32.9. The van der Waals surface area contributed by atoms with Crippen molar-refractivity contribution in [1.82, 2.24) is 9.13 Å². The maximum atomic E-state index is 10.9. The number of aromatic nitrogens is 2. The van der Waals surface area contributed by atoms with Gasteiger partial charge in [-0.3, -0.25) is 0 Å². The third-order valence-corrected chi connectivity index (χ3v) is 27.1. The molecule has 2 aromatic heterocycles. The van der Waals surface area contributed by atoms with Crippen LogP contribution in [0.2, 0.25) is 0 Å². The maximum absolute atomic E-state index is 10.9. The fraction of sp³-hybridized carbons (Fsp3) is 0.391. The van der Waals surface area contributed by atoms with E-state index in [0.29, 0.717) is 11.1 Å². The number of rotatable bonds is 14. The van der Waals surface area contributed by atoms with Crippen molar-refractivity contribution in [1.29, 1.82) is 0 Å². The summed E-state index contributed by atoms with van der Waals surface area (Å²) in [6, 6.07) is 94.7. The molecule has 5 heteroatoms. The highest BCUT2D eigenvalue weighted by Crippen LogP contribution is 2.55. The average molecular weight is 1760 g/mol. The number of nitrogens with zero attached hydrogens (tertiary/aromatic N) is 4. The molecule has 0 amide bonds. The molecule has 0 atom stereocenters. The number of benzene rings is 13. The lowest BCUT2D eigenvalue weighted by Crippen LogP contribution is -2.61. The molecule has 0 unspecified atom stereocenters. The Bertz CT molecular complexity index is 6730. The second-order valence-corrected chi connectivity index (χ2v) is 51.7. The molecule has 0 bridgehead atoms. The third kappa shape index (κ3) is 19.2. The Hall–Kier alpha value is -10.9. The molecular formula is C128H151BN4. The molecule has 4 heterocycles. The van der Waals surface area contributed by atoms with E-state index < -0.39 is 35.7 Å². The Morgan fingerprint density at radius 3 is 0.759 bits per heavy atom. The monoisotopic (exact) mass is 1760 g/mol. The van der Waals surface area contributed by atoms with Gasteiger partial charge in [0.25, 0.3) is 6.71 Å². The summed E-state index contributed by atoms with van der Waals surface area (Å²) in [5.74, 6) is 0. The molecule has 0 spiro atoms. The van der Waals surface area contributed by atoms with Gasteiger partial charge in [-0.25, -0.2) is 0 Å². The Kier molecular flexibility index (Phi) is 22.0. The van der Waals surface area contributed by atoms with Crippen molar-refractivity contribution in [2.75, 3.05) is 9.80 Å². The number of hydrogen-bond donors (Lipinski definition) is 0. The van der Waals surface area contributed by atoms with Crippen LogP contribution in [0.1, 0.15) is 295 Å². The molecule has 15 aromatic rings. The van der Waals surface area contributed by atoms with Crippen LogP contribution in [0.25, 0.3) is 99.5 Å². The zero-order valence-corrected chi connectivity index (χ0v) is 86.8. The zero-order valence-electron chi connectivity index (χ0n) is 90.8. The van der Waals surface area contributed by atoms with E-state index in [1.54, 1.807) is 0 Å². The standard InChI is InChI=1S/C128H151BN4/c1-118(2,3)74-80-38-34-42-84(58-80)97-72-111(99(62-88(97)78-122(13,14)15)86-44-36-40-82(60-86)76-120(7,8)9)132-113-70-95(130-107-54-46-90(124(19,20)21)64-101(107)102-65-91(125(22,23)24)47-55-108(102)130)50-52-105(113)129-106-53-51-96(131-109-56-48-92(126(25,26)27)66-103(109)104-67-93(127(28,29)30)49-57-110(104)131)71-114(106)133(116-69-94(128(31,32)33)68-115(132)117(116)129)112-73-98(85-43-35-39-81(59-85)75-119(4,5)6)89(79-123(16,17)18)63-100(112)87-45-37-41-83(61-87)77-121(10,11)12/h34-73H,74-79H2,1-33H3/i78D2,79D2. The van der Waals surface area contributed by atoms with E-state index in [9.17, 15) is 5.48 Å². The Labute approximate surface area is 806 Å². The van der Waals surface area contributed by atoms with Gasteiger partial charge in [0, 0.05) is 72.3 Å². The predicted molar refractivity (Wildman–Crippen MR) is 583 cm³/mol. The van der Waals surface area contributed by atoms with Gasteiger partial charge < -0.3 is 18.9 Å². The summed E-state index contributed by atoms with van der Waals surface area (Å²) >= 11 is 0. The van der Waals surface area contributed by atoms with Crippen molar-refractivity contribution in [2.45, 2.75) is 294 Å². The van der Waals surface area contributed by atoms with Gasteiger partial charge in [0.15, 0.2) is 0 Å². The maximum Gasteiger partial charge on any atom is 0.252 e. The van der Waals surface area contributed by atoms with E-state index in [1.807, 2.05) is 0 Å². The first-order valence-electron chi connectivity index (χ1n) is 51.3. The van der Waals surface area contributed by atoms with Gasteiger partial charge in [0.1, 0.15) is 0 Å². The molecule has 2 aliphatic heterocycles. The summed E-state index contributed by atoms with van der Waals surface area (Å²) in [7, 11) is 0. The van der Waals surface area contributed by atoms with Crippen molar-refractivity contribution >= 4 is 101 Å². The predicted octanol–water partition coefficient (Wildman–Crippen LogP) is 34.7. The lowest BCUT2D eigenvalue weighted by molar-refractivity contribution is 0.410. The van der Waals surface area contributed by atoms with Gasteiger partial charge in [-0.05, 0) is 318 Å². The minimum Gasteiger partial charge on any atom is -0.311 e. The van der Waals surface area contributed by atoms with E-state index in [0.717, 1.165) is 160 Å². The first kappa shape index (κ1) is 88.7. The number of hydrogen-bond acceptors (Lipinski definition) is 2. The van der Waals surface area contributed by atoms with Crippen LogP contribution in [0.15, 0.2) is 243 Å². The molecule has 2 aliphatic rings. The van der Waals surface area contributed by atoms with Crippen LogP contribution in [-0.2, 0) is 65.5 Å². The molecule has 133 heavy (non-hydrogen) atoms. The van der Waals surface area contributed by atoms with Crippen LogP contribution in [0.5, 0.6) is 0 Å². The highest BCUT2D eigenvalue weighted by atomic mass is 15.2. The highest BCUT2D eigenvalue weighted by molar-refractivity contribution is 7.00. The van der Waals surface area contributed by atoms with E-state index in [-0.39, 0.29) is 43.3 Å². The average Bonchev–Trinajstić information content (AvgIpc) is 1.04. The molecule has 0 N–H and O–H groups in total. The van der Waals surface area contributed by atoms with E-state index in [1.165, 1.54) is 66.1 Å². The van der Waals surface area contributed by atoms with Crippen LogP contribution in [0.4, 0.5) is 34.1 Å². The minimum atomic E-state index is -1.87. The summed E-state index contributed by atoms with van der Waals surface area (Å²) in [6.07, 6.45) is -0.424. The number of anilines is 6. The zero-order chi connectivity index (χ0) is 99.4. The van der Waals surface area contributed by atoms with Gasteiger partial charge >= 0.3 is 0 Å². The van der Waals surface area contributed by atoms with Crippen molar-refractivity contribution in [2.24, 2.45) is 32.5 Å². The molecular weight excluding hydrogens is 1600 g/mol. The van der Waals surface area contributed by atoms with Crippen LogP contribution in [0.3, 0.4) is 0 Å². The van der Waals surface area contributed by atoms with Crippen LogP contribution >= 0.6 is 0 Å². The van der Waals surface area contributed by atoms with E-state index in [4.69, 9.17) is 0 Å². The molecule has 686 valence electrons. The molecule has 0 fully saturated rings. The van der Waals surface area contributed by atoms with Crippen LogP contribution in [0, 0.1) is 32.5 Å². The van der Waals surface area contributed by atoms with Crippen molar-refractivity contribution in [3.05, 3.63) is 304 Å². The van der Waals surface area contributed by atoms with Crippen LogP contribution in [-0.4, -0.2) is 15.8 Å². The lowest BCUT2D eigenvalue weighted by Gasteiger charge is -2.46. The molecule has 0 radical (unpaired) electrons. The summed E-state index contributed by atoms with van der Waals surface area (Å²) in [5, 5.41) is 4.85. The lowest BCUT2D eigenvalue weighted by atomic mass is 9.33. The van der Waals surface area contributed by atoms with Crippen molar-refractivity contribution in [3.8, 4) is 55.9 Å². The second kappa shape index (κ2) is 33.0. The fourth-order valence-corrected chi connectivity index (χ4v) is 21.0. The second-order valence-electron chi connectivity index (χ2n) is 51.7. The molecule has 17 rings (SSSR count). The van der Waals surface area contributed by atoms with E-state index in [2.05, 4.69) is 490 Å². The summed E-state index contributed by atoms with van der Waals surface area (Å²) in [6.45, 7) is 74.9. The highest BCUT2D eigenvalue weighted by Gasteiger charge is 2.47. The quantitative estimate of drug-likeness (QED) is 0.101. The molecule has 0 aliphatic carbocycles. The van der Waals surface area contributed by atoms with Gasteiger partial charge in [-0.15, -0.1) is 0 Å². The van der Waals surface area contributed by atoms with Gasteiger partial charge in [0.2, 0.25) is 0 Å². The SMILES string of the molecule is [2H]C([2H])(c1cc(-c2cccc(CC(C)(C)C)c2)c(N2c3cc(-n4c5ccc(C(C)(C)C)cc5c5cc(C(C)(C)C)ccc54)ccc3B3c4ccc(-n5c6ccc(C(C)(C)C)cc6c6cc(C(C)(C)C)ccc65)cc4N(c4cc(-c5cccc(CC(C)(C)C)c5)c(C([2H])([2H])C(C)(C)C)cc4-c4cccc(CC(C)(C)C)c4)c4cc(C(C)(C)C)cc2c43)cc1-c1cccc(CC(C)(C)C)c1)C(C)(C)C. The van der Waals surface area contributed by atoms with Crippen molar-refractivity contribution < 1.29 is 5.48 Å². The fourth-order valence-electron chi connectivity index (χ4n) is 21.0. The van der Waals surface area contributed by atoms with Crippen LogP contribution < -0.4 is 26.2 Å². The summed E-state index contributed by atoms with van der Waals surface area (Å²) in [4.78, 5) is 5.32. The summed E-state index contributed by atoms with van der Waals surface area (Å²) < 4.78 is 48.7. The largest absolute Gasteiger partial charge is 0.311 e. The molecule has 13 aromatic carbocycles. The minimum absolute atomic E-state index is 0.0399. The Balaban J connectivity index is 1.10. The third-order valence-electron chi connectivity index (χ3n) is 27.1. The van der Waals surface area contributed by atoms with Crippen molar-refractivity contribution in [3.63, 3.8) is 0 Å². The van der Waals surface area contributed by atoms with E-state index >= 15 is 0 Å². The Morgan fingerprint density at radius 2 is 0.504 bits per heavy atom. The normalized spacial score (nSPS) is 14.5. The Morgan fingerprint density at radius 1 is 0.233 bits per heavy atom. The first-order valence-corrected chi connectivity index (χ1v) is 49.3. The van der Waals surface area contributed by atoms with Gasteiger partial charge in [-0.1, -0.05) is 362 Å². The molecule has 0 saturated carbocycles. The molecule has 0 saturated heterocycles. The van der Waals surface area contributed by atoms with Gasteiger partial charge in [-0.2, -0.15) is 0 Å². The number of fused-ring (bicyclic) bond motifs is 10. The van der Waals surface area contributed by atoms with Gasteiger partial charge in [0.05, 0.1) is 33.4 Å². The smallest absolute Gasteiger partial charge is 0.252 e.